The van der Waals surface area contributed by atoms with E-state index < -0.39 is 0 Å². The Morgan fingerprint density at radius 3 is 0.704 bits per heavy atom. The standard InChI is InChI=1S/C51H51N3/c1-49(2,3)43-25-19-34(20-26-43)37-13-10-16-40(31-37)46-52-47(41-17-11-14-38(32-41)35-21-27-44(28-22-35)50(4,5)6)54-48(53-46)42-18-12-15-39(33-42)36-23-29-45(30-24-36)51(7,8)9/h10-33H,1-9H3. The lowest BCUT2D eigenvalue weighted by Gasteiger charge is -2.19. The zero-order valence-corrected chi connectivity index (χ0v) is 33.2. The predicted octanol–water partition coefficient (Wildman–Crippen LogP) is 13.8. The van der Waals surface area contributed by atoms with Crippen molar-refractivity contribution < 1.29 is 0 Å². The van der Waals surface area contributed by atoms with Crippen LogP contribution < -0.4 is 0 Å². The summed E-state index contributed by atoms with van der Waals surface area (Å²) in [4.78, 5) is 15.5. The Morgan fingerprint density at radius 1 is 0.259 bits per heavy atom. The highest BCUT2D eigenvalue weighted by Crippen LogP contribution is 2.34. The second kappa shape index (κ2) is 14.3. The van der Waals surface area contributed by atoms with Gasteiger partial charge < -0.3 is 0 Å². The lowest BCUT2D eigenvalue weighted by Crippen LogP contribution is -2.10. The Bertz CT molecular complexity index is 2110. The van der Waals surface area contributed by atoms with Gasteiger partial charge in [-0.1, -0.05) is 190 Å². The Morgan fingerprint density at radius 2 is 0.481 bits per heavy atom. The van der Waals surface area contributed by atoms with Crippen LogP contribution in [-0.4, -0.2) is 15.0 Å². The molecule has 0 saturated heterocycles. The van der Waals surface area contributed by atoms with E-state index >= 15 is 0 Å². The van der Waals surface area contributed by atoms with Crippen LogP contribution in [0, 0.1) is 0 Å². The lowest BCUT2D eigenvalue weighted by atomic mass is 9.86. The van der Waals surface area contributed by atoms with Crippen molar-refractivity contribution in [3.05, 3.63) is 162 Å². The first-order valence-corrected chi connectivity index (χ1v) is 19.0. The van der Waals surface area contributed by atoms with Crippen LogP contribution in [0.5, 0.6) is 0 Å². The van der Waals surface area contributed by atoms with Crippen LogP contribution in [0.15, 0.2) is 146 Å². The molecular formula is C51H51N3. The third-order valence-electron chi connectivity index (χ3n) is 10.3. The van der Waals surface area contributed by atoms with Crippen molar-refractivity contribution in [2.75, 3.05) is 0 Å². The number of aromatic nitrogens is 3. The monoisotopic (exact) mass is 705 g/mol. The first-order valence-electron chi connectivity index (χ1n) is 19.0. The zero-order valence-electron chi connectivity index (χ0n) is 33.2. The highest BCUT2D eigenvalue weighted by Gasteiger charge is 2.18. The molecule has 0 atom stereocenters. The molecule has 0 unspecified atom stereocenters. The molecule has 0 bridgehead atoms. The molecule has 0 aliphatic carbocycles. The fraction of sp³-hybridized carbons (Fsp3) is 0.235. The summed E-state index contributed by atoms with van der Waals surface area (Å²) in [6, 6.07) is 52.2. The SMILES string of the molecule is CC(C)(C)c1ccc(-c2cccc(-c3nc(-c4cccc(-c5ccc(C(C)(C)C)cc5)c4)nc(-c4cccc(-c5ccc(C(C)(C)C)cc5)c4)n3)c2)cc1. The van der Waals surface area contributed by atoms with Crippen molar-refractivity contribution in [3.8, 4) is 67.5 Å². The zero-order chi connectivity index (χ0) is 38.3. The van der Waals surface area contributed by atoms with Crippen molar-refractivity contribution in [3.63, 3.8) is 0 Å². The van der Waals surface area contributed by atoms with Gasteiger partial charge in [0.15, 0.2) is 17.5 Å². The lowest BCUT2D eigenvalue weighted by molar-refractivity contribution is 0.590. The van der Waals surface area contributed by atoms with E-state index in [1.165, 1.54) is 16.7 Å². The maximum absolute atomic E-state index is 5.15. The summed E-state index contributed by atoms with van der Waals surface area (Å²) in [5.74, 6) is 1.93. The maximum Gasteiger partial charge on any atom is 0.164 e. The number of rotatable bonds is 6. The molecule has 6 aromatic carbocycles. The van der Waals surface area contributed by atoms with Crippen molar-refractivity contribution >= 4 is 0 Å². The van der Waals surface area contributed by atoms with Gasteiger partial charge in [-0.05, 0) is 84.5 Å². The minimum atomic E-state index is 0.0957. The molecule has 0 aliphatic heterocycles. The number of benzene rings is 6. The molecule has 7 rings (SSSR count). The van der Waals surface area contributed by atoms with E-state index in [9.17, 15) is 0 Å². The summed E-state index contributed by atoms with van der Waals surface area (Å²) >= 11 is 0. The summed E-state index contributed by atoms with van der Waals surface area (Å²) in [7, 11) is 0. The van der Waals surface area contributed by atoms with Gasteiger partial charge in [0.25, 0.3) is 0 Å². The smallest absolute Gasteiger partial charge is 0.164 e. The Balaban J connectivity index is 1.32. The Kier molecular flexibility index (Phi) is 9.70. The molecule has 0 spiro atoms. The van der Waals surface area contributed by atoms with E-state index in [2.05, 4.69) is 208 Å². The Labute approximate surface area is 322 Å². The van der Waals surface area contributed by atoms with E-state index in [0.717, 1.165) is 50.1 Å². The number of hydrogen-bond donors (Lipinski definition) is 0. The second-order valence-corrected chi connectivity index (χ2v) is 17.5. The van der Waals surface area contributed by atoms with Crippen LogP contribution in [0.3, 0.4) is 0 Å². The molecule has 0 N–H and O–H groups in total. The topological polar surface area (TPSA) is 38.7 Å². The largest absolute Gasteiger partial charge is 0.208 e. The van der Waals surface area contributed by atoms with Crippen molar-refractivity contribution in [2.24, 2.45) is 0 Å². The maximum atomic E-state index is 5.15. The Hall–Kier alpha value is -5.67. The minimum Gasteiger partial charge on any atom is -0.208 e. The molecule has 0 amide bonds. The molecule has 3 nitrogen and oxygen atoms in total. The van der Waals surface area contributed by atoms with Crippen LogP contribution >= 0.6 is 0 Å². The molecule has 0 saturated carbocycles. The first-order chi connectivity index (χ1) is 25.6. The molecule has 1 aromatic heterocycles. The van der Waals surface area contributed by atoms with Gasteiger partial charge in [-0.15, -0.1) is 0 Å². The minimum absolute atomic E-state index is 0.0957. The van der Waals surface area contributed by atoms with Crippen molar-refractivity contribution in [1.82, 2.24) is 15.0 Å². The highest BCUT2D eigenvalue weighted by atomic mass is 15.0. The summed E-state index contributed by atoms with van der Waals surface area (Å²) in [6.45, 7) is 20.2. The van der Waals surface area contributed by atoms with Gasteiger partial charge in [-0.3, -0.25) is 0 Å². The second-order valence-electron chi connectivity index (χ2n) is 17.5. The van der Waals surface area contributed by atoms with Gasteiger partial charge in [0.2, 0.25) is 0 Å². The summed E-state index contributed by atoms with van der Waals surface area (Å²) in [6.07, 6.45) is 0. The summed E-state index contributed by atoms with van der Waals surface area (Å²) in [5, 5.41) is 0. The van der Waals surface area contributed by atoms with Gasteiger partial charge in [-0.2, -0.15) is 0 Å². The molecule has 54 heavy (non-hydrogen) atoms. The van der Waals surface area contributed by atoms with Crippen molar-refractivity contribution in [1.29, 1.82) is 0 Å². The van der Waals surface area contributed by atoms with Crippen LogP contribution in [0.1, 0.15) is 79.0 Å². The van der Waals surface area contributed by atoms with Gasteiger partial charge in [0.05, 0.1) is 0 Å². The average molecular weight is 706 g/mol. The quantitative estimate of drug-likeness (QED) is 0.173. The van der Waals surface area contributed by atoms with Gasteiger partial charge >= 0.3 is 0 Å². The number of nitrogens with zero attached hydrogens (tertiary/aromatic N) is 3. The van der Waals surface area contributed by atoms with E-state index in [4.69, 9.17) is 15.0 Å². The summed E-state index contributed by atoms with van der Waals surface area (Å²) < 4.78 is 0. The number of hydrogen-bond acceptors (Lipinski definition) is 3. The van der Waals surface area contributed by atoms with Crippen LogP contribution in [-0.2, 0) is 16.2 Å². The van der Waals surface area contributed by atoms with E-state index in [-0.39, 0.29) is 16.2 Å². The fourth-order valence-electron chi connectivity index (χ4n) is 6.76. The first kappa shape index (κ1) is 36.7. The molecule has 270 valence electrons. The fourth-order valence-corrected chi connectivity index (χ4v) is 6.76. The van der Waals surface area contributed by atoms with Crippen LogP contribution in [0.25, 0.3) is 67.5 Å². The average Bonchev–Trinajstić information content (AvgIpc) is 3.17. The molecule has 0 aliphatic rings. The van der Waals surface area contributed by atoms with E-state index in [0.29, 0.717) is 17.5 Å². The highest BCUT2D eigenvalue weighted by molar-refractivity contribution is 5.76. The third-order valence-corrected chi connectivity index (χ3v) is 10.3. The van der Waals surface area contributed by atoms with Gasteiger partial charge in [0, 0.05) is 16.7 Å². The molecule has 7 aromatic rings. The molecular weight excluding hydrogens is 655 g/mol. The predicted molar refractivity (Wildman–Crippen MR) is 229 cm³/mol. The van der Waals surface area contributed by atoms with Crippen molar-refractivity contribution in [2.45, 2.75) is 78.6 Å². The molecule has 0 radical (unpaired) electrons. The normalized spacial score (nSPS) is 12.2. The third kappa shape index (κ3) is 8.11. The molecule has 0 fully saturated rings. The van der Waals surface area contributed by atoms with Crippen LogP contribution in [0.4, 0.5) is 0 Å². The molecule has 3 heteroatoms. The van der Waals surface area contributed by atoms with E-state index in [1.54, 1.807) is 0 Å². The summed E-state index contributed by atoms with van der Waals surface area (Å²) in [5.41, 5.74) is 13.9. The van der Waals surface area contributed by atoms with Gasteiger partial charge in [-0.25, -0.2) is 15.0 Å². The van der Waals surface area contributed by atoms with Gasteiger partial charge in [0.1, 0.15) is 0 Å². The molecule has 1 heterocycles. The van der Waals surface area contributed by atoms with E-state index in [1.807, 2.05) is 0 Å². The van der Waals surface area contributed by atoms with Crippen LogP contribution in [0.2, 0.25) is 0 Å².